The van der Waals surface area contributed by atoms with Crippen molar-refractivity contribution in [3.8, 4) is 0 Å². The molecule has 0 spiro atoms. The van der Waals surface area contributed by atoms with Crippen LogP contribution in [-0.4, -0.2) is 38.0 Å². The Balaban J connectivity index is 0.00000225. The molecule has 2 aliphatic rings. The highest BCUT2D eigenvalue weighted by Gasteiger charge is 2.49. The molecule has 1 aliphatic carbocycles. The van der Waals surface area contributed by atoms with Gasteiger partial charge in [-0.3, -0.25) is 9.59 Å². The van der Waals surface area contributed by atoms with Crippen LogP contribution >= 0.6 is 12.4 Å². The van der Waals surface area contributed by atoms with Crippen molar-refractivity contribution in [1.29, 1.82) is 0 Å². The van der Waals surface area contributed by atoms with Crippen molar-refractivity contribution in [2.45, 2.75) is 32.6 Å². The van der Waals surface area contributed by atoms with E-state index in [1.54, 1.807) is 6.07 Å². The first-order valence-corrected chi connectivity index (χ1v) is 8.96. The van der Waals surface area contributed by atoms with Crippen molar-refractivity contribution in [3.05, 3.63) is 35.4 Å². The van der Waals surface area contributed by atoms with Gasteiger partial charge >= 0.3 is 0 Å². The maximum absolute atomic E-state index is 12.7. The minimum Gasteiger partial charge on any atom is -0.354 e. The quantitative estimate of drug-likeness (QED) is 0.699. The SMILES string of the molecule is Cc1cccc(C(=O)NCCNC(=O)[C@@]23CCCC[C@H]2CNC3)c1.Cl. The molecule has 5 nitrogen and oxygen atoms in total. The van der Waals surface area contributed by atoms with Crippen LogP contribution in [0.5, 0.6) is 0 Å². The number of nitrogens with one attached hydrogen (secondary N) is 3. The highest BCUT2D eigenvalue weighted by Crippen LogP contribution is 2.43. The third-order valence-electron chi connectivity index (χ3n) is 5.47. The van der Waals surface area contributed by atoms with Gasteiger partial charge in [0.25, 0.3) is 5.91 Å². The molecule has 3 N–H and O–H groups in total. The Morgan fingerprint density at radius 2 is 2.04 bits per heavy atom. The molecule has 0 radical (unpaired) electrons. The molecule has 6 heteroatoms. The summed E-state index contributed by atoms with van der Waals surface area (Å²) in [6.45, 7) is 4.64. The van der Waals surface area contributed by atoms with E-state index in [1.165, 1.54) is 6.42 Å². The molecule has 138 valence electrons. The van der Waals surface area contributed by atoms with Crippen molar-refractivity contribution >= 4 is 24.2 Å². The van der Waals surface area contributed by atoms with Crippen LogP contribution in [0.3, 0.4) is 0 Å². The summed E-state index contributed by atoms with van der Waals surface area (Å²) in [5.41, 5.74) is 1.50. The van der Waals surface area contributed by atoms with Gasteiger partial charge in [0.05, 0.1) is 5.41 Å². The van der Waals surface area contributed by atoms with Crippen LogP contribution in [0.4, 0.5) is 0 Å². The largest absolute Gasteiger partial charge is 0.354 e. The van der Waals surface area contributed by atoms with Gasteiger partial charge in [-0.25, -0.2) is 0 Å². The van der Waals surface area contributed by atoms with E-state index in [9.17, 15) is 9.59 Å². The monoisotopic (exact) mass is 365 g/mol. The molecule has 1 aromatic rings. The third kappa shape index (κ3) is 4.33. The zero-order chi connectivity index (χ0) is 17.0. The van der Waals surface area contributed by atoms with Gasteiger partial charge in [0.15, 0.2) is 0 Å². The number of carbonyl (C=O) groups excluding carboxylic acids is 2. The van der Waals surface area contributed by atoms with E-state index in [2.05, 4.69) is 16.0 Å². The standard InChI is InChI=1S/C19H27N3O2.ClH/c1-14-5-4-6-15(11-14)17(23)21-9-10-22-18(24)19-8-3-2-7-16(19)12-20-13-19;/h4-6,11,16,20H,2-3,7-10,12-13H2,1H3,(H,21,23)(H,22,24);1H/t16-,19+;/m0./s1. The molecule has 1 saturated carbocycles. The fourth-order valence-corrected chi connectivity index (χ4v) is 4.11. The minimum atomic E-state index is -0.223. The fourth-order valence-electron chi connectivity index (χ4n) is 4.11. The van der Waals surface area contributed by atoms with E-state index in [0.29, 0.717) is 24.6 Å². The molecule has 0 bridgehead atoms. The first-order chi connectivity index (χ1) is 11.6. The zero-order valence-corrected chi connectivity index (χ0v) is 15.6. The van der Waals surface area contributed by atoms with Crippen molar-refractivity contribution in [3.63, 3.8) is 0 Å². The van der Waals surface area contributed by atoms with E-state index in [4.69, 9.17) is 0 Å². The molecule has 0 aromatic heterocycles. The smallest absolute Gasteiger partial charge is 0.251 e. The number of aryl methyl sites for hydroxylation is 1. The Bertz CT molecular complexity index is 622. The predicted octanol–water partition coefficient (Wildman–Crippen LogP) is 2.04. The highest BCUT2D eigenvalue weighted by atomic mass is 35.5. The number of carbonyl (C=O) groups is 2. The normalized spacial score (nSPS) is 24.8. The van der Waals surface area contributed by atoms with Crippen molar-refractivity contribution < 1.29 is 9.59 Å². The van der Waals surface area contributed by atoms with E-state index in [0.717, 1.165) is 37.9 Å². The average Bonchev–Trinajstić information content (AvgIpc) is 3.03. The van der Waals surface area contributed by atoms with Crippen LogP contribution in [-0.2, 0) is 4.79 Å². The maximum Gasteiger partial charge on any atom is 0.251 e. The van der Waals surface area contributed by atoms with E-state index in [1.807, 2.05) is 25.1 Å². The van der Waals surface area contributed by atoms with Gasteiger partial charge in [0.2, 0.25) is 5.91 Å². The molecule has 1 heterocycles. The number of rotatable bonds is 5. The van der Waals surface area contributed by atoms with Gasteiger partial charge in [0.1, 0.15) is 0 Å². The van der Waals surface area contributed by atoms with E-state index in [-0.39, 0.29) is 29.6 Å². The van der Waals surface area contributed by atoms with Crippen LogP contribution in [0.15, 0.2) is 24.3 Å². The molecule has 0 unspecified atom stereocenters. The molecule has 25 heavy (non-hydrogen) atoms. The van der Waals surface area contributed by atoms with E-state index < -0.39 is 0 Å². The predicted molar refractivity (Wildman–Crippen MR) is 101 cm³/mol. The van der Waals surface area contributed by atoms with Crippen LogP contribution < -0.4 is 16.0 Å². The lowest BCUT2D eigenvalue weighted by Crippen LogP contribution is -2.49. The lowest BCUT2D eigenvalue weighted by atomic mass is 9.67. The summed E-state index contributed by atoms with van der Waals surface area (Å²) in [5.74, 6) is 0.527. The molecule has 2 fully saturated rings. The average molecular weight is 366 g/mol. The summed E-state index contributed by atoms with van der Waals surface area (Å²) >= 11 is 0. The van der Waals surface area contributed by atoms with Gasteiger partial charge < -0.3 is 16.0 Å². The summed E-state index contributed by atoms with van der Waals surface area (Å²) in [4.78, 5) is 24.8. The van der Waals surface area contributed by atoms with Crippen LogP contribution in [0.2, 0.25) is 0 Å². The molecular formula is C19H28ClN3O2. The number of hydrogen-bond acceptors (Lipinski definition) is 3. The second kappa shape index (κ2) is 8.68. The molecule has 3 rings (SSSR count). The van der Waals surface area contributed by atoms with Gasteiger partial charge in [-0.2, -0.15) is 0 Å². The number of amides is 2. The zero-order valence-electron chi connectivity index (χ0n) is 14.8. The van der Waals surface area contributed by atoms with Crippen LogP contribution in [0.25, 0.3) is 0 Å². The molecule has 1 saturated heterocycles. The fraction of sp³-hybridized carbons (Fsp3) is 0.579. The van der Waals surface area contributed by atoms with Gasteiger partial charge in [-0.05, 0) is 44.4 Å². The Labute approximate surface area is 155 Å². The molecule has 2 atom stereocenters. The van der Waals surface area contributed by atoms with Crippen molar-refractivity contribution in [2.75, 3.05) is 26.2 Å². The van der Waals surface area contributed by atoms with Crippen molar-refractivity contribution in [1.82, 2.24) is 16.0 Å². The summed E-state index contributed by atoms with van der Waals surface area (Å²) in [6.07, 6.45) is 4.49. The lowest BCUT2D eigenvalue weighted by Gasteiger charge is -2.37. The Kier molecular flexibility index (Phi) is 6.85. The lowest BCUT2D eigenvalue weighted by molar-refractivity contribution is -0.133. The Morgan fingerprint density at radius 3 is 2.84 bits per heavy atom. The summed E-state index contributed by atoms with van der Waals surface area (Å²) in [7, 11) is 0. The second-order valence-corrected chi connectivity index (χ2v) is 7.11. The maximum atomic E-state index is 12.7. The second-order valence-electron chi connectivity index (χ2n) is 7.11. The Hall–Kier alpha value is -1.59. The van der Waals surface area contributed by atoms with Gasteiger partial charge in [0, 0.05) is 25.2 Å². The van der Waals surface area contributed by atoms with E-state index >= 15 is 0 Å². The number of hydrogen-bond donors (Lipinski definition) is 3. The highest BCUT2D eigenvalue weighted by molar-refractivity contribution is 5.94. The summed E-state index contributed by atoms with van der Waals surface area (Å²) < 4.78 is 0. The van der Waals surface area contributed by atoms with Gasteiger partial charge in [-0.1, -0.05) is 30.5 Å². The Morgan fingerprint density at radius 1 is 1.24 bits per heavy atom. The first kappa shape index (κ1) is 19.7. The minimum absolute atomic E-state index is 0. The molecule has 2 amide bonds. The summed E-state index contributed by atoms with van der Waals surface area (Å²) in [6, 6.07) is 7.51. The summed E-state index contributed by atoms with van der Waals surface area (Å²) in [5, 5.41) is 9.30. The first-order valence-electron chi connectivity index (χ1n) is 8.96. The number of halogens is 1. The number of fused-ring (bicyclic) bond motifs is 1. The van der Waals surface area contributed by atoms with Gasteiger partial charge in [-0.15, -0.1) is 12.4 Å². The van der Waals surface area contributed by atoms with Crippen molar-refractivity contribution in [2.24, 2.45) is 11.3 Å². The third-order valence-corrected chi connectivity index (χ3v) is 5.47. The van der Waals surface area contributed by atoms with Crippen LogP contribution in [0, 0.1) is 18.3 Å². The number of benzene rings is 1. The topological polar surface area (TPSA) is 70.2 Å². The van der Waals surface area contributed by atoms with Crippen LogP contribution in [0.1, 0.15) is 41.6 Å². The molecular weight excluding hydrogens is 338 g/mol. The molecule has 1 aliphatic heterocycles. The molecule has 1 aromatic carbocycles.